The largest absolute Gasteiger partial charge is 0.399 e. The van der Waals surface area contributed by atoms with Gasteiger partial charge in [0.05, 0.1) is 6.61 Å². The number of aromatic amines is 1. The topological polar surface area (TPSA) is 99.4 Å². The number of hydrogen-bond acceptors (Lipinski definition) is 4. The molecule has 1 aliphatic rings. The van der Waals surface area contributed by atoms with E-state index in [1.54, 1.807) is 18.2 Å². The molecule has 1 saturated heterocycles. The molecule has 2 aromatic rings. The number of nitrogen functional groups attached to an aromatic ring is 1. The number of aliphatic hydroxyl groups is 1. The summed E-state index contributed by atoms with van der Waals surface area (Å²) in [5.74, 6) is 0. The van der Waals surface area contributed by atoms with Crippen molar-refractivity contribution in [3.05, 3.63) is 24.4 Å². The molecule has 7 heteroatoms. The van der Waals surface area contributed by atoms with Crippen molar-refractivity contribution in [3.8, 4) is 0 Å². The van der Waals surface area contributed by atoms with Gasteiger partial charge < -0.3 is 15.8 Å². The van der Waals surface area contributed by atoms with Gasteiger partial charge in [-0.3, -0.25) is 0 Å². The van der Waals surface area contributed by atoms with Crippen LogP contribution in [0.15, 0.2) is 29.3 Å². The van der Waals surface area contributed by atoms with Gasteiger partial charge in [0.15, 0.2) is 0 Å². The summed E-state index contributed by atoms with van der Waals surface area (Å²) in [5, 5.41) is 9.91. The second-order valence-electron chi connectivity index (χ2n) is 5.05. The molecule has 20 heavy (non-hydrogen) atoms. The number of aromatic nitrogens is 1. The number of hydrogen-bond donors (Lipinski definition) is 3. The number of sulfonamides is 1. The fourth-order valence-electron chi connectivity index (χ4n) is 2.76. The highest BCUT2D eigenvalue weighted by Crippen LogP contribution is 2.31. The summed E-state index contributed by atoms with van der Waals surface area (Å²) in [6.45, 7) is 0.298. The van der Waals surface area contributed by atoms with Gasteiger partial charge in [0.25, 0.3) is 0 Å². The third-order valence-corrected chi connectivity index (χ3v) is 5.78. The second kappa shape index (κ2) is 4.76. The Morgan fingerprint density at radius 3 is 3.00 bits per heavy atom. The molecular weight excluding hydrogens is 278 g/mol. The summed E-state index contributed by atoms with van der Waals surface area (Å²) in [5.41, 5.74) is 7.00. The van der Waals surface area contributed by atoms with Gasteiger partial charge >= 0.3 is 0 Å². The molecule has 1 atom stereocenters. The number of H-pyrrole nitrogens is 1. The molecule has 0 amide bonds. The van der Waals surface area contributed by atoms with Crippen LogP contribution in [0.25, 0.3) is 10.9 Å². The van der Waals surface area contributed by atoms with Crippen molar-refractivity contribution in [2.24, 2.45) is 0 Å². The summed E-state index contributed by atoms with van der Waals surface area (Å²) >= 11 is 0. The number of nitrogens with two attached hydrogens (primary N) is 1. The average molecular weight is 295 g/mol. The Morgan fingerprint density at radius 1 is 1.45 bits per heavy atom. The monoisotopic (exact) mass is 295 g/mol. The van der Waals surface area contributed by atoms with Crippen LogP contribution in [0.3, 0.4) is 0 Å². The zero-order valence-electron chi connectivity index (χ0n) is 10.9. The highest BCUT2D eigenvalue weighted by Gasteiger charge is 2.36. The molecular formula is C13H17N3O3S. The van der Waals surface area contributed by atoms with Gasteiger partial charge in [-0.15, -0.1) is 0 Å². The van der Waals surface area contributed by atoms with E-state index in [0.29, 0.717) is 24.0 Å². The number of nitrogens with zero attached hydrogens (tertiary/aromatic N) is 1. The maximum Gasteiger partial charge on any atom is 0.245 e. The van der Waals surface area contributed by atoms with E-state index in [4.69, 9.17) is 5.73 Å². The molecule has 1 aromatic carbocycles. The zero-order chi connectivity index (χ0) is 14.3. The van der Waals surface area contributed by atoms with Gasteiger partial charge in [-0.25, -0.2) is 8.42 Å². The number of nitrogens with one attached hydrogen (secondary N) is 1. The van der Waals surface area contributed by atoms with E-state index in [2.05, 4.69) is 4.98 Å². The standard InChI is InChI=1S/C13H17N3O3S/c14-9-3-4-12-11(6-9)13(7-15-12)20(18,19)16-5-1-2-10(16)8-17/h3-4,6-7,10,15,17H,1-2,5,8,14H2. The average Bonchev–Trinajstić information content (AvgIpc) is 3.04. The van der Waals surface area contributed by atoms with Crippen molar-refractivity contribution in [3.63, 3.8) is 0 Å². The Balaban J connectivity index is 2.12. The molecule has 0 spiro atoms. The first kappa shape index (κ1) is 13.4. The Morgan fingerprint density at radius 2 is 2.25 bits per heavy atom. The van der Waals surface area contributed by atoms with Crippen LogP contribution in [0, 0.1) is 0 Å². The lowest BCUT2D eigenvalue weighted by Gasteiger charge is -2.21. The number of aliphatic hydroxyl groups excluding tert-OH is 1. The maximum atomic E-state index is 12.7. The van der Waals surface area contributed by atoms with Crippen molar-refractivity contribution in [2.45, 2.75) is 23.8 Å². The van der Waals surface area contributed by atoms with Crippen LogP contribution in [0.5, 0.6) is 0 Å². The van der Waals surface area contributed by atoms with Gasteiger partial charge in [-0.05, 0) is 31.0 Å². The molecule has 3 rings (SSSR count). The van der Waals surface area contributed by atoms with Crippen molar-refractivity contribution in [1.29, 1.82) is 0 Å². The molecule has 1 fully saturated rings. The van der Waals surface area contributed by atoms with E-state index >= 15 is 0 Å². The minimum Gasteiger partial charge on any atom is -0.399 e. The fraction of sp³-hybridized carbons (Fsp3) is 0.385. The minimum atomic E-state index is -3.61. The Bertz CT molecular complexity index is 738. The van der Waals surface area contributed by atoms with Crippen molar-refractivity contribution >= 4 is 26.6 Å². The van der Waals surface area contributed by atoms with Gasteiger partial charge in [-0.2, -0.15) is 4.31 Å². The predicted octanol–water partition coefficient (Wildman–Crippen LogP) is 0.895. The lowest BCUT2D eigenvalue weighted by atomic mass is 10.2. The lowest BCUT2D eigenvalue weighted by Crippen LogP contribution is -2.37. The summed E-state index contributed by atoms with van der Waals surface area (Å²) in [6.07, 6.45) is 2.96. The van der Waals surface area contributed by atoms with Crippen LogP contribution in [-0.2, 0) is 10.0 Å². The first-order valence-electron chi connectivity index (χ1n) is 6.53. The summed E-state index contributed by atoms with van der Waals surface area (Å²) in [4.78, 5) is 3.18. The SMILES string of the molecule is Nc1ccc2[nH]cc(S(=O)(=O)N3CCCC3CO)c2c1. The first-order valence-corrected chi connectivity index (χ1v) is 7.97. The number of anilines is 1. The highest BCUT2D eigenvalue weighted by molar-refractivity contribution is 7.89. The molecule has 1 unspecified atom stereocenters. The Kier molecular flexibility index (Phi) is 3.19. The molecule has 0 radical (unpaired) electrons. The minimum absolute atomic E-state index is 0.149. The van der Waals surface area contributed by atoms with Gasteiger partial charge in [0, 0.05) is 35.4 Å². The van der Waals surface area contributed by atoms with Crippen molar-refractivity contribution in [2.75, 3.05) is 18.9 Å². The number of rotatable bonds is 3. The van der Waals surface area contributed by atoms with Gasteiger partial charge in [0.2, 0.25) is 10.0 Å². The molecule has 1 aromatic heterocycles. The molecule has 2 heterocycles. The lowest BCUT2D eigenvalue weighted by molar-refractivity contribution is 0.213. The van der Waals surface area contributed by atoms with Gasteiger partial charge in [0.1, 0.15) is 4.90 Å². The third-order valence-electron chi connectivity index (χ3n) is 3.79. The number of benzene rings is 1. The second-order valence-corrected chi connectivity index (χ2v) is 6.91. The van der Waals surface area contributed by atoms with E-state index < -0.39 is 10.0 Å². The molecule has 108 valence electrons. The quantitative estimate of drug-likeness (QED) is 0.732. The van der Waals surface area contributed by atoms with Crippen molar-refractivity contribution in [1.82, 2.24) is 9.29 Å². The van der Waals surface area contributed by atoms with E-state index in [1.807, 2.05) is 0 Å². The molecule has 6 nitrogen and oxygen atoms in total. The molecule has 0 saturated carbocycles. The van der Waals surface area contributed by atoms with Crippen LogP contribution in [0.4, 0.5) is 5.69 Å². The summed E-state index contributed by atoms with van der Waals surface area (Å²) < 4.78 is 26.9. The van der Waals surface area contributed by atoms with Crippen LogP contribution in [0.1, 0.15) is 12.8 Å². The summed E-state index contributed by atoms with van der Waals surface area (Å²) in [7, 11) is -3.61. The van der Waals surface area contributed by atoms with Gasteiger partial charge in [-0.1, -0.05) is 0 Å². The first-order chi connectivity index (χ1) is 9.54. The third kappa shape index (κ3) is 1.98. The van der Waals surface area contributed by atoms with Crippen LogP contribution in [0.2, 0.25) is 0 Å². The predicted molar refractivity (Wildman–Crippen MR) is 76.7 cm³/mol. The molecule has 0 aliphatic carbocycles. The normalized spacial score (nSPS) is 20.8. The maximum absolute atomic E-state index is 12.7. The van der Waals surface area contributed by atoms with E-state index in [9.17, 15) is 13.5 Å². The van der Waals surface area contributed by atoms with E-state index in [1.165, 1.54) is 10.5 Å². The fourth-order valence-corrected chi connectivity index (χ4v) is 4.60. The Hall–Kier alpha value is -1.57. The summed E-state index contributed by atoms with van der Waals surface area (Å²) in [6, 6.07) is 4.81. The molecule has 4 N–H and O–H groups in total. The van der Waals surface area contributed by atoms with E-state index in [-0.39, 0.29) is 17.5 Å². The van der Waals surface area contributed by atoms with Crippen LogP contribution < -0.4 is 5.73 Å². The van der Waals surface area contributed by atoms with E-state index in [0.717, 1.165) is 11.9 Å². The Labute approximate surface area is 117 Å². The molecule has 1 aliphatic heterocycles. The van der Waals surface area contributed by atoms with Crippen molar-refractivity contribution < 1.29 is 13.5 Å². The molecule has 0 bridgehead atoms. The smallest absolute Gasteiger partial charge is 0.245 e. The van der Waals surface area contributed by atoms with Crippen LogP contribution >= 0.6 is 0 Å². The van der Waals surface area contributed by atoms with Crippen LogP contribution in [-0.4, -0.2) is 42.0 Å². The zero-order valence-corrected chi connectivity index (χ0v) is 11.7. The number of fused-ring (bicyclic) bond motifs is 1. The highest BCUT2D eigenvalue weighted by atomic mass is 32.2.